The maximum atomic E-state index is 5.67. The molecule has 0 heterocycles. The van der Waals surface area contributed by atoms with Gasteiger partial charge in [-0.25, -0.2) is 0 Å². The lowest BCUT2D eigenvalue weighted by molar-refractivity contribution is 0.261. The Morgan fingerprint density at radius 1 is 1.11 bits per heavy atom. The zero-order chi connectivity index (χ0) is 14.3. The number of hydrogen-bond acceptors (Lipinski definition) is 3. The van der Waals surface area contributed by atoms with Crippen LogP contribution in [0.25, 0.3) is 0 Å². The van der Waals surface area contributed by atoms with E-state index in [1.54, 1.807) is 0 Å². The largest absolute Gasteiger partial charge is 0.492 e. The quantitative estimate of drug-likeness (QED) is 0.778. The van der Waals surface area contributed by atoms with E-state index >= 15 is 0 Å². The Morgan fingerprint density at radius 2 is 1.74 bits per heavy atom. The van der Waals surface area contributed by atoms with Gasteiger partial charge in [0.05, 0.1) is 0 Å². The summed E-state index contributed by atoms with van der Waals surface area (Å²) in [4.78, 5) is 2.11. The van der Waals surface area contributed by atoms with E-state index in [2.05, 4.69) is 43.1 Å². The molecule has 0 aliphatic rings. The fourth-order valence-corrected chi connectivity index (χ4v) is 2.04. The van der Waals surface area contributed by atoms with Gasteiger partial charge in [-0.1, -0.05) is 13.8 Å². The van der Waals surface area contributed by atoms with Crippen LogP contribution in [0.3, 0.4) is 0 Å². The summed E-state index contributed by atoms with van der Waals surface area (Å²) in [7, 11) is 4.10. The minimum atomic E-state index is 0.500. The molecule has 0 amide bonds. The second-order valence-corrected chi connectivity index (χ2v) is 5.85. The summed E-state index contributed by atoms with van der Waals surface area (Å²) in [6.07, 6.45) is 1.18. The first kappa shape index (κ1) is 15.8. The summed E-state index contributed by atoms with van der Waals surface area (Å²) in [6, 6.07) is 8.73. The minimum Gasteiger partial charge on any atom is -0.492 e. The summed E-state index contributed by atoms with van der Waals surface area (Å²) < 4.78 is 5.67. The lowest BCUT2D eigenvalue weighted by Gasteiger charge is -2.17. The van der Waals surface area contributed by atoms with Crippen molar-refractivity contribution in [3.8, 4) is 5.75 Å². The van der Waals surface area contributed by atoms with Crippen molar-refractivity contribution in [2.75, 3.05) is 32.6 Å². The van der Waals surface area contributed by atoms with Crippen LogP contribution in [0, 0.1) is 5.92 Å². The Hall–Kier alpha value is -1.22. The van der Waals surface area contributed by atoms with Gasteiger partial charge in [0.15, 0.2) is 0 Å². The third kappa shape index (κ3) is 7.06. The maximum Gasteiger partial charge on any atom is 0.119 e. The monoisotopic (exact) mass is 264 g/mol. The molecule has 0 saturated heterocycles. The molecule has 1 atom stereocenters. The Kier molecular flexibility index (Phi) is 6.71. The van der Waals surface area contributed by atoms with Crippen molar-refractivity contribution >= 4 is 5.69 Å². The average molecular weight is 264 g/mol. The van der Waals surface area contributed by atoms with Crippen molar-refractivity contribution < 1.29 is 4.74 Å². The van der Waals surface area contributed by atoms with E-state index in [9.17, 15) is 0 Å². The zero-order valence-corrected chi connectivity index (χ0v) is 12.9. The van der Waals surface area contributed by atoms with Gasteiger partial charge in [-0.2, -0.15) is 0 Å². The van der Waals surface area contributed by atoms with Crippen LogP contribution in [0.15, 0.2) is 24.3 Å². The smallest absolute Gasteiger partial charge is 0.119 e. The SMILES string of the molecule is CC(C)CC(C)Nc1ccc(OCCN(C)C)cc1. The maximum absolute atomic E-state index is 5.67. The number of nitrogens with one attached hydrogen (secondary N) is 1. The van der Waals surface area contributed by atoms with Crippen molar-refractivity contribution in [1.29, 1.82) is 0 Å². The molecule has 1 N–H and O–H groups in total. The molecule has 19 heavy (non-hydrogen) atoms. The molecular formula is C16H28N2O. The third-order valence-electron chi connectivity index (χ3n) is 2.90. The second kappa shape index (κ2) is 8.05. The van der Waals surface area contributed by atoms with Crippen LogP contribution in [0.5, 0.6) is 5.75 Å². The first-order valence-electron chi connectivity index (χ1n) is 7.11. The van der Waals surface area contributed by atoms with Gasteiger partial charge in [-0.3, -0.25) is 0 Å². The van der Waals surface area contributed by atoms with Gasteiger partial charge < -0.3 is 15.0 Å². The number of hydrogen-bond donors (Lipinski definition) is 1. The summed E-state index contributed by atoms with van der Waals surface area (Å²) in [6.45, 7) is 8.39. The fraction of sp³-hybridized carbons (Fsp3) is 0.625. The molecule has 0 aromatic heterocycles. The van der Waals surface area contributed by atoms with Crippen LogP contribution in [-0.2, 0) is 0 Å². The lowest BCUT2D eigenvalue weighted by Crippen LogP contribution is -2.19. The molecule has 1 rings (SSSR count). The number of likely N-dealkylation sites (N-methyl/N-ethyl adjacent to an activating group) is 1. The van der Waals surface area contributed by atoms with Crippen molar-refractivity contribution in [2.45, 2.75) is 33.2 Å². The average Bonchev–Trinajstić information content (AvgIpc) is 2.29. The van der Waals surface area contributed by atoms with Gasteiger partial charge in [0.2, 0.25) is 0 Å². The number of rotatable bonds is 8. The Labute approximate surface area is 118 Å². The molecule has 0 saturated carbocycles. The molecule has 1 unspecified atom stereocenters. The molecule has 0 radical (unpaired) electrons. The highest BCUT2D eigenvalue weighted by molar-refractivity contribution is 5.46. The molecule has 3 nitrogen and oxygen atoms in total. The lowest BCUT2D eigenvalue weighted by atomic mass is 10.1. The highest BCUT2D eigenvalue weighted by Gasteiger charge is 2.04. The highest BCUT2D eigenvalue weighted by atomic mass is 16.5. The second-order valence-electron chi connectivity index (χ2n) is 5.85. The number of nitrogens with zero attached hydrogens (tertiary/aromatic N) is 1. The van der Waals surface area contributed by atoms with Crippen LogP contribution in [-0.4, -0.2) is 38.2 Å². The third-order valence-corrected chi connectivity index (χ3v) is 2.90. The van der Waals surface area contributed by atoms with Gasteiger partial charge in [-0.15, -0.1) is 0 Å². The topological polar surface area (TPSA) is 24.5 Å². The summed E-state index contributed by atoms with van der Waals surface area (Å²) in [5.41, 5.74) is 1.16. The standard InChI is InChI=1S/C16H28N2O/c1-13(2)12-14(3)17-15-6-8-16(9-7-15)19-11-10-18(4)5/h6-9,13-14,17H,10-12H2,1-5H3. The van der Waals surface area contributed by atoms with Crippen molar-refractivity contribution in [1.82, 2.24) is 4.90 Å². The van der Waals surface area contributed by atoms with Crippen molar-refractivity contribution in [2.24, 2.45) is 5.92 Å². The molecule has 0 fully saturated rings. The molecule has 0 spiro atoms. The first-order valence-corrected chi connectivity index (χ1v) is 7.11. The minimum absolute atomic E-state index is 0.500. The Balaban J connectivity index is 2.38. The van der Waals surface area contributed by atoms with E-state index in [4.69, 9.17) is 4.74 Å². The molecule has 0 aliphatic heterocycles. The molecule has 1 aromatic rings. The van der Waals surface area contributed by atoms with Crippen LogP contribution >= 0.6 is 0 Å². The predicted octanol–water partition coefficient (Wildman–Crippen LogP) is 3.47. The van der Waals surface area contributed by atoms with Crippen LogP contribution in [0.4, 0.5) is 5.69 Å². The summed E-state index contributed by atoms with van der Waals surface area (Å²) in [5, 5.41) is 3.51. The molecule has 3 heteroatoms. The van der Waals surface area contributed by atoms with E-state index in [-0.39, 0.29) is 0 Å². The Bertz CT molecular complexity index is 346. The van der Waals surface area contributed by atoms with Gasteiger partial charge in [0.25, 0.3) is 0 Å². The number of benzene rings is 1. The van der Waals surface area contributed by atoms with E-state index in [0.29, 0.717) is 6.04 Å². The molecule has 108 valence electrons. The number of ether oxygens (including phenoxy) is 1. The van der Waals surface area contributed by atoms with Gasteiger partial charge >= 0.3 is 0 Å². The molecule has 1 aromatic carbocycles. The van der Waals surface area contributed by atoms with Gasteiger partial charge in [0.1, 0.15) is 12.4 Å². The summed E-state index contributed by atoms with van der Waals surface area (Å²) >= 11 is 0. The normalized spacial score (nSPS) is 12.8. The summed E-state index contributed by atoms with van der Waals surface area (Å²) in [5.74, 6) is 1.65. The van der Waals surface area contributed by atoms with Gasteiger partial charge in [0, 0.05) is 18.3 Å². The van der Waals surface area contributed by atoms with E-state index < -0.39 is 0 Å². The molecule has 0 aliphatic carbocycles. The number of anilines is 1. The van der Waals surface area contributed by atoms with Crippen molar-refractivity contribution in [3.05, 3.63) is 24.3 Å². The molecular weight excluding hydrogens is 236 g/mol. The fourth-order valence-electron chi connectivity index (χ4n) is 2.04. The van der Waals surface area contributed by atoms with Crippen molar-refractivity contribution in [3.63, 3.8) is 0 Å². The van der Waals surface area contributed by atoms with Crippen LogP contribution in [0.2, 0.25) is 0 Å². The first-order chi connectivity index (χ1) is 8.97. The van der Waals surface area contributed by atoms with Crippen LogP contribution in [0.1, 0.15) is 27.2 Å². The predicted molar refractivity (Wildman–Crippen MR) is 83.0 cm³/mol. The van der Waals surface area contributed by atoms with E-state index in [1.165, 1.54) is 6.42 Å². The van der Waals surface area contributed by atoms with E-state index in [0.717, 1.165) is 30.5 Å². The van der Waals surface area contributed by atoms with Gasteiger partial charge in [-0.05, 0) is 57.6 Å². The van der Waals surface area contributed by atoms with Crippen LogP contribution < -0.4 is 10.1 Å². The Morgan fingerprint density at radius 3 is 2.26 bits per heavy atom. The molecule has 0 bridgehead atoms. The highest BCUT2D eigenvalue weighted by Crippen LogP contribution is 2.17. The zero-order valence-electron chi connectivity index (χ0n) is 12.9. The van der Waals surface area contributed by atoms with E-state index in [1.807, 2.05) is 26.2 Å².